The molecule has 0 saturated heterocycles. The highest BCUT2D eigenvalue weighted by Gasteiger charge is 2.35. The molecule has 0 bridgehead atoms. The SMILES string of the molecule is O=S(=O)(F)C1CCCC(C2CCCCC2)C1. The monoisotopic (exact) mass is 248 g/mol. The molecule has 94 valence electrons. The third kappa shape index (κ3) is 2.96. The molecule has 0 aliphatic heterocycles. The molecule has 0 N–H and O–H groups in total. The molecule has 0 spiro atoms. The van der Waals surface area contributed by atoms with Gasteiger partial charge >= 0.3 is 10.2 Å². The summed E-state index contributed by atoms with van der Waals surface area (Å²) in [6.45, 7) is 0. The summed E-state index contributed by atoms with van der Waals surface area (Å²) in [7, 11) is -4.30. The minimum Gasteiger partial charge on any atom is -0.195 e. The average Bonchev–Trinajstić information content (AvgIpc) is 2.29. The lowest BCUT2D eigenvalue weighted by molar-refractivity contribution is 0.196. The topological polar surface area (TPSA) is 34.1 Å². The van der Waals surface area contributed by atoms with Crippen LogP contribution in [0.25, 0.3) is 0 Å². The van der Waals surface area contributed by atoms with E-state index in [9.17, 15) is 12.3 Å². The molecule has 2 fully saturated rings. The highest BCUT2D eigenvalue weighted by molar-refractivity contribution is 7.87. The molecule has 2 nitrogen and oxygen atoms in total. The standard InChI is InChI=1S/C12H21FO2S/c13-16(14,15)12-8-4-7-11(9-12)10-5-2-1-3-6-10/h10-12H,1-9H2. The summed E-state index contributed by atoms with van der Waals surface area (Å²) < 4.78 is 34.9. The first-order chi connectivity index (χ1) is 7.57. The van der Waals surface area contributed by atoms with Crippen LogP contribution >= 0.6 is 0 Å². The Balaban J connectivity index is 1.95. The number of rotatable bonds is 2. The molecular formula is C12H21FO2S. The van der Waals surface area contributed by atoms with Crippen LogP contribution in [-0.2, 0) is 10.2 Å². The number of hydrogen-bond donors (Lipinski definition) is 0. The fourth-order valence-electron chi connectivity index (χ4n) is 3.47. The van der Waals surface area contributed by atoms with E-state index in [0.717, 1.165) is 12.8 Å². The molecule has 4 heteroatoms. The van der Waals surface area contributed by atoms with Crippen LogP contribution in [0.3, 0.4) is 0 Å². The van der Waals surface area contributed by atoms with E-state index in [-0.39, 0.29) is 0 Å². The van der Waals surface area contributed by atoms with Crippen molar-refractivity contribution in [1.82, 2.24) is 0 Å². The van der Waals surface area contributed by atoms with E-state index in [4.69, 9.17) is 0 Å². The second kappa shape index (κ2) is 5.03. The lowest BCUT2D eigenvalue weighted by Gasteiger charge is -2.35. The van der Waals surface area contributed by atoms with Gasteiger partial charge in [-0.2, -0.15) is 8.42 Å². The zero-order valence-electron chi connectivity index (χ0n) is 9.70. The summed E-state index contributed by atoms with van der Waals surface area (Å²) in [4.78, 5) is 0. The Kier molecular flexibility index (Phi) is 3.88. The Morgan fingerprint density at radius 2 is 1.44 bits per heavy atom. The van der Waals surface area contributed by atoms with E-state index < -0.39 is 15.5 Å². The highest BCUT2D eigenvalue weighted by atomic mass is 32.3. The summed E-state index contributed by atoms with van der Waals surface area (Å²) in [5.41, 5.74) is 0. The van der Waals surface area contributed by atoms with Crippen LogP contribution in [0.15, 0.2) is 0 Å². The minimum absolute atomic E-state index is 0.463. The maximum atomic E-state index is 13.0. The molecule has 2 aliphatic rings. The summed E-state index contributed by atoms with van der Waals surface area (Å²) in [5, 5.41) is -0.701. The van der Waals surface area contributed by atoms with E-state index in [2.05, 4.69) is 0 Å². The summed E-state index contributed by atoms with van der Waals surface area (Å²) in [6.07, 6.45) is 9.40. The first-order valence-corrected chi connectivity index (χ1v) is 7.95. The van der Waals surface area contributed by atoms with Gasteiger partial charge in [0.15, 0.2) is 0 Å². The molecule has 2 aliphatic carbocycles. The quantitative estimate of drug-likeness (QED) is 0.702. The number of halogens is 1. The molecule has 0 aromatic rings. The molecule has 0 amide bonds. The van der Waals surface area contributed by atoms with Crippen LogP contribution in [0.4, 0.5) is 3.89 Å². The fourth-order valence-corrected chi connectivity index (χ4v) is 4.40. The van der Waals surface area contributed by atoms with Crippen molar-refractivity contribution in [2.24, 2.45) is 11.8 Å². The van der Waals surface area contributed by atoms with Gasteiger partial charge in [0.1, 0.15) is 0 Å². The molecule has 0 radical (unpaired) electrons. The van der Waals surface area contributed by atoms with Crippen LogP contribution in [0.1, 0.15) is 57.8 Å². The Bertz CT molecular complexity index is 320. The van der Waals surface area contributed by atoms with Gasteiger partial charge in [0.25, 0.3) is 0 Å². The first kappa shape index (κ1) is 12.3. The van der Waals surface area contributed by atoms with E-state index in [1.54, 1.807) is 0 Å². The van der Waals surface area contributed by atoms with Gasteiger partial charge in [0.2, 0.25) is 0 Å². The fraction of sp³-hybridized carbons (Fsp3) is 1.00. The van der Waals surface area contributed by atoms with Gasteiger partial charge < -0.3 is 0 Å². The van der Waals surface area contributed by atoms with Crippen molar-refractivity contribution in [2.45, 2.75) is 63.0 Å². The second-order valence-electron chi connectivity index (χ2n) is 5.42. The van der Waals surface area contributed by atoms with Gasteiger partial charge in [0, 0.05) is 0 Å². The molecule has 2 atom stereocenters. The zero-order valence-corrected chi connectivity index (χ0v) is 10.5. The van der Waals surface area contributed by atoms with Crippen LogP contribution in [0, 0.1) is 11.8 Å². The summed E-state index contributed by atoms with van der Waals surface area (Å²) >= 11 is 0. The molecular weight excluding hydrogens is 227 g/mol. The van der Waals surface area contributed by atoms with E-state index in [1.165, 1.54) is 32.1 Å². The van der Waals surface area contributed by atoms with Gasteiger partial charge in [-0.25, -0.2) is 0 Å². The van der Waals surface area contributed by atoms with Crippen molar-refractivity contribution in [3.05, 3.63) is 0 Å². The second-order valence-corrected chi connectivity index (χ2v) is 7.04. The maximum Gasteiger partial charge on any atom is 0.305 e. The van der Waals surface area contributed by atoms with Crippen molar-refractivity contribution in [2.75, 3.05) is 0 Å². The molecule has 0 aromatic heterocycles. The third-order valence-corrected chi connectivity index (χ3v) is 5.61. The molecule has 0 aromatic carbocycles. The highest BCUT2D eigenvalue weighted by Crippen LogP contribution is 2.40. The zero-order chi connectivity index (χ0) is 11.6. The average molecular weight is 248 g/mol. The third-order valence-electron chi connectivity index (χ3n) is 4.38. The van der Waals surface area contributed by atoms with Crippen LogP contribution in [0.2, 0.25) is 0 Å². The Labute approximate surface area is 97.8 Å². The van der Waals surface area contributed by atoms with Crippen molar-refractivity contribution in [3.63, 3.8) is 0 Å². The van der Waals surface area contributed by atoms with E-state index >= 15 is 0 Å². The van der Waals surface area contributed by atoms with Crippen molar-refractivity contribution < 1.29 is 12.3 Å². The van der Waals surface area contributed by atoms with Crippen LogP contribution in [0.5, 0.6) is 0 Å². The van der Waals surface area contributed by atoms with E-state index in [0.29, 0.717) is 24.7 Å². The molecule has 16 heavy (non-hydrogen) atoms. The van der Waals surface area contributed by atoms with E-state index in [1.807, 2.05) is 0 Å². The predicted molar refractivity (Wildman–Crippen MR) is 62.3 cm³/mol. The van der Waals surface area contributed by atoms with Crippen molar-refractivity contribution >= 4 is 10.2 Å². The Morgan fingerprint density at radius 3 is 2.06 bits per heavy atom. The normalized spacial score (nSPS) is 33.8. The smallest absolute Gasteiger partial charge is 0.195 e. The summed E-state index contributed by atoms with van der Waals surface area (Å²) in [5.74, 6) is 1.13. The molecule has 0 heterocycles. The van der Waals surface area contributed by atoms with Gasteiger partial charge in [-0.05, 0) is 24.7 Å². The van der Waals surface area contributed by atoms with Crippen LogP contribution < -0.4 is 0 Å². The lowest BCUT2D eigenvalue weighted by Crippen LogP contribution is -2.30. The molecule has 2 saturated carbocycles. The van der Waals surface area contributed by atoms with Gasteiger partial charge in [0.05, 0.1) is 5.25 Å². The largest absolute Gasteiger partial charge is 0.305 e. The lowest BCUT2D eigenvalue weighted by atomic mass is 9.73. The van der Waals surface area contributed by atoms with Crippen molar-refractivity contribution in [3.8, 4) is 0 Å². The van der Waals surface area contributed by atoms with Crippen LogP contribution in [-0.4, -0.2) is 13.7 Å². The molecule has 2 rings (SSSR count). The maximum absolute atomic E-state index is 13.0. The summed E-state index contributed by atoms with van der Waals surface area (Å²) in [6, 6.07) is 0. The van der Waals surface area contributed by atoms with Crippen molar-refractivity contribution in [1.29, 1.82) is 0 Å². The van der Waals surface area contributed by atoms with Gasteiger partial charge in [-0.15, -0.1) is 3.89 Å². The van der Waals surface area contributed by atoms with Gasteiger partial charge in [-0.3, -0.25) is 0 Å². The Morgan fingerprint density at radius 1 is 0.812 bits per heavy atom. The first-order valence-electron chi connectivity index (χ1n) is 6.51. The minimum atomic E-state index is -4.30. The van der Waals surface area contributed by atoms with Gasteiger partial charge in [-0.1, -0.05) is 44.9 Å². The number of hydrogen-bond acceptors (Lipinski definition) is 2. The molecule has 2 unspecified atom stereocenters. The Hall–Kier alpha value is -0.120. The predicted octanol–water partition coefficient (Wildman–Crippen LogP) is 3.42.